The third-order valence-corrected chi connectivity index (χ3v) is 10.6. The zero-order valence-corrected chi connectivity index (χ0v) is 27.9. The SMILES string of the molecule is CC[C@@H](C(=O)NC1CCCC1)N(Cc1c(Cl)cccc1Cl)C(=O)CN(c1ccc(OC)c(Cl)c1)S(=O)(=O)c1ccc(C)cc1. The number of nitrogens with one attached hydrogen (secondary N) is 1. The van der Waals surface area contributed by atoms with Crippen molar-refractivity contribution in [3.8, 4) is 5.75 Å². The van der Waals surface area contributed by atoms with Crippen molar-refractivity contribution in [2.45, 2.75) is 69.5 Å². The Morgan fingerprint density at radius 1 is 0.977 bits per heavy atom. The van der Waals surface area contributed by atoms with Gasteiger partial charge in [0.15, 0.2) is 0 Å². The van der Waals surface area contributed by atoms with Gasteiger partial charge in [0, 0.05) is 28.2 Å². The molecule has 1 aliphatic rings. The van der Waals surface area contributed by atoms with Gasteiger partial charge in [-0.3, -0.25) is 13.9 Å². The minimum Gasteiger partial charge on any atom is -0.495 e. The Labute approximate surface area is 274 Å². The van der Waals surface area contributed by atoms with Gasteiger partial charge in [0.1, 0.15) is 18.3 Å². The number of nitrogens with zero attached hydrogens (tertiary/aromatic N) is 2. The summed E-state index contributed by atoms with van der Waals surface area (Å²) in [7, 11) is -2.81. The number of aryl methyl sites for hydroxylation is 1. The number of benzene rings is 3. The lowest BCUT2D eigenvalue weighted by Crippen LogP contribution is -2.53. The molecule has 0 radical (unpaired) electrons. The van der Waals surface area contributed by atoms with Gasteiger partial charge in [0.25, 0.3) is 10.0 Å². The Bertz CT molecular complexity index is 1570. The minimum absolute atomic E-state index is 0.00504. The maximum atomic E-state index is 14.3. The molecular weight excluding hydrogens is 645 g/mol. The first-order valence-electron chi connectivity index (χ1n) is 14.4. The molecule has 0 heterocycles. The molecule has 0 aromatic heterocycles. The van der Waals surface area contributed by atoms with Crippen LogP contribution in [-0.2, 0) is 26.2 Å². The van der Waals surface area contributed by atoms with Crippen LogP contribution in [0, 0.1) is 6.92 Å². The second kappa shape index (κ2) is 14.9. The number of sulfonamides is 1. The van der Waals surface area contributed by atoms with Gasteiger partial charge >= 0.3 is 0 Å². The summed E-state index contributed by atoms with van der Waals surface area (Å²) in [6, 6.07) is 14.9. The van der Waals surface area contributed by atoms with Gasteiger partial charge in [-0.15, -0.1) is 0 Å². The lowest BCUT2D eigenvalue weighted by atomic mass is 10.1. The van der Waals surface area contributed by atoms with Gasteiger partial charge in [-0.1, -0.05) is 78.3 Å². The topological polar surface area (TPSA) is 96.0 Å². The molecule has 236 valence electrons. The van der Waals surface area contributed by atoms with Crippen LogP contribution < -0.4 is 14.4 Å². The number of halogens is 3. The van der Waals surface area contributed by atoms with Gasteiger partial charge < -0.3 is 15.0 Å². The molecule has 2 amide bonds. The van der Waals surface area contributed by atoms with E-state index in [1.165, 1.54) is 42.3 Å². The predicted octanol–water partition coefficient (Wildman–Crippen LogP) is 7.03. The molecule has 0 aliphatic heterocycles. The van der Waals surface area contributed by atoms with E-state index in [9.17, 15) is 18.0 Å². The molecule has 0 spiro atoms. The van der Waals surface area contributed by atoms with Crippen LogP contribution in [0.15, 0.2) is 65.6 Å². The molecule has 12 heteroatoms. The first-order valence-corrected chi connectivity index (χ1v) is 17.0. The number of carbonyl (C=O) groups is 2. The van der Waals surface area contributed by atoms with E-state index in [4.69, 9.17) is 39.5 Å². The highest BCUT2D eigenvalue weighted by atomic mass is 35.5. The van der Waals surface area contributed by atoms with Gasteiger partial charge in [-0.2, -0.15) is 0 Å². The normalized spacial score (nSPS) is 14.2. The van der Waals surface area contributed by atoms with Crippen LogP contribution in [0.1, 0.15) is 50.2 Å². The molecule has 3 aromatic rings. The van der Waals surface area contributed by atoms with Crippen molar-refractivity contribution in [3.63, 3.8) is 0 Å². The lowest BCUT2D eigenvalue weighted by Gasteiger charge is -2.34. The lowest BCUT2D eigenvalue weighted by molar-refractivity contribution is -0.140. The quantitative estimate of drug-likeness (QED) is 0.222. The van der Waals surface area contributed by atoms with Gasteiger partial charge in [0.05, 0.1) is 22.7 Å². The summed E-state index contributed by atoms with van der Waals surface area (Å²) in [5.41, 5.74) is 1.49. The Balaban J connectivity index is 1.77. The summed E-state index contributed by atoms with van der Waals surface area (Å²) in [4.78, 5) is 29.3. The summed E-state index contributed by atoms with van der Waals surface area (Å²) in [6.45, 7) is 2.93. The maximum absolute atomic E-state index is 14.3. The molecule has 4 rings (SSSR count). The molecule has 8 nitrogen and oxygen atoms in total. The Morgan fingerprint density at radius 2 is 1.61 bits per heavy atom. The van der Waals surface area contributed by atoms with Crippen LogP contribution in [0.3, 0.4) is 0 Å². The van der Waals surface area contributed by atoms with Crippen LogP contribution in [0.25, 0.3) is 0 Å². The summed E-state index contributed by atoms with van der Waals surface area (Å²) in [5.74, 6) is -0.576. The molecule has 0 bridgehead atoms. The highest BCUT2D eigenvalue weighted by molar-refractivity contribution is 7.92. The fraction of sp³-hybridized carbons (Fsp3) is 0.375. The number of ether oxygens (including phenoxy) is 1. The number of methoxy groups -OCH3 is 1. The van der Waals surface area contributed by atoms with Crippen molar-refractivity contribution in [1.29, 1.82) is 0 Å². The zero-order valence-electron chi connectivity index (χ0n) is 24.9. The van der Waals surface area contributed by atoms with Crippen LogP contribution >= 0.6 is 34.8 Å². The molecule has 1 atom stereocenters. The number of anilines is 1. The minimum atomic E-state index is -4.26. The van der Waals surface area contributed by atoms with Crippen molar-refractivity contribution in [2.75, 3.05) is 18.0 Å². The van der Waals surface area contributed by atoms with E-state index in [-0.39, 0.29) is 40.5 Å². The van der Waals surface area contributed by atoms with E-state index in [1.807, 2.05) is 6.92 Å². The van der Waals surface area contributed by atoms with Crippen LogP contribution in [0.5, 0.6) is 5.75 Å². The average Bonchev–Trinajstić information content (AvgIpc) is 3.50. The summed E-state index contributed by atoms with van der Waals surface area (Å²) in [6.07, 6.45) is 4.07. The number of amides is 2. The van der Waals surface area contributed by atoms with Crippen molar-refractivity contribution >= 4 is 62.3 Å². The van der Waals surface area contributed by atoms with E-state index in [0.717, 1.165) is 35.6 Å². The molecule has 3 aromatic carbocycles. The molecule has 1 N–H and O–H groups in total. The standard InChI is InChI=1S/C32H36Cl3N3O5S/c1-4-29(32(40)36-22-8-5-6-9-22)37(19-25-26(33)10-7-11-27(25)34)31(39)20-38(23-14-17-30(43-3)28(35)18-23)44(41,42)24-15-12-21(2)13-16-24/h7,10-18,22,29H,4-6,8-9,19-20H2,1-3H3,(H,36,40)/t29-/m0/s1. The number of carbonyl (C=O) groups excluding carboxylic acids is 2. The molecule has 0 unspecified atom stereocenters. The summed E-state index contributed by atoms with van der Waals surface area (Å²) < 4.78 is 34.4. The Hall–Kier alpha value is -2.98. The van der Waals surface area contributed by atoms with E-state index >= 15 is 0 Å². The number of rotatable bonds is 12. The van der Waals surface area contributed by atoms with Crippen molar-refractivity contribution in [2.24, 2.45) is 0 Å². The zero-order chi connectivity index (χ0) is 32.0. The average molecular weight is 681 g/mol. The third-order valence-electron chi connectivity index (χ3n) is 7.79. The Morgan fingerprint density at radius 3 is 2.18 bits per heavy atom. The fourth-order valence-corrected chi connectivity index (χ4v) is 7.49. The fourth-order valence-electron chi connectivity index (χ4n) is 5.32. The van der Waals surface area contributed by atoms with E-state index in [2.05, 4.69) is 5.32 Å². The first kappa shape index (κ1) is 33.9. The maximum Gasteiger partial charge on any atom is 0.264 e. The molecule has 1 aliphatic carbocycles. The molecule has 1 fully saturated rings. The van der Waals surface area contributed by atoms with Crippen LogP contribution in [-0.4, -0.2) is 50.9 Å². The highest BCUT2D eigenvalue weighted by Gasteiger charge is 2.35. The summed E-state index contributed by atoms with van der Waals surface area (Å²) >= 11 is 19.4. The first-order chi connectivity index (χ1) is 21.0. The summed E-state index contributed by atoms with van der Waals surface area (Å²) in [5, 5.41) is 3.91. The van der Waals surface area contributed by atoms with Gasteiger partial charge in [0.2, 0.25) is 11.8 Å². The smallest absolute Gasteiger partial charge is 0.264 e. The van der Waals surface area contributed by atoms with E-state index in [0.29, 0.717) is 21.4 Å². The van der Waals surface area contributed by atoms with Crippen molar-refractivity contribution in [3.05, 3.63) is 86.9 Å². The van der Waals surface area contributed by atoms with Gasteiger partial charge in [-0.25, -0.2) is 8.42 Å². The molecule has 0 saturated heterocycles. The van der Waals surface area contributed by atoms with Crippen molar-refractivity contribution < 1.29 is 22.7 Å². The Kier molecular flexibility index (Phi) is 11.5. The molecule has 1 saturated carbocycles. The third kappa shape index (κ3) is 7.80. The van der Waals surface area contributed by atoms with E-state index < -0.39 is 28.5 Å². The number of hydrogen-bond acceptors (Lipinski definition) is 5. The predicted molar refractivity (Wildman–Crippen MR) is 175 cm³/mol. The monoisotopic (exact) mass is 679 g/mol. The second-order valence-electron chi connectivity index (χ2n) is 10.8. The largest absolute Gasteiger partial charge is 0.495 e. The van der Waals surface area contributed by atoms with Gasteiger partial charge in [-0.05, 0) is 68.7 Å². The van der Waals surface area contributed by atoms with Crippen molar-refractivity contribution in [1.82, 2.24) is 10.2 Å². The number of hydrogen-bond donors (Lipinski definition) is 1. The van der Waals surface area contributed by atoms with Crippen LogP contribution in [0.2, 0.25) is 15.1 Å². The highest BCUT2D eigenvalue weighted by Crippen LogP contribution is 2.33. The van der Waals surface area contributed by atoms with Crippen LogP contribution in [0.4, 0.5) is 5.69 Å². The molecular formula is C32H36Cl3N3O5S. The molecule has 44 heavy (non-hydrogen) atoms. The second-order valence-corrected chi connectivity index (χ2v) is 13.9. The van der Waals surface area contributed by atoms with E-state index in [1.54, 1.807) is 37.3 Å².